The summed E-state index contributed by atoms with van der Waals surface area (Å²) >= 11 is 13.1. The third kappa shape index (κ3) is 4.89. The van der Waals surface area contributed by atoms with E-state index in [0.29, 0.717) is 38.8 Å². The summed E-state index contributed by atoms with van der Waals surface area (Å²) in [4.78, 5) is 60.1. The molecule has 246 valence electrons. The Morgan fingerprint density at radius 1 is 0.760 bits per heavy atom. The Kier molecular flexibility index (Phi) is 7.21. The number of pyridine rings is 2. The van der Waals surface area contributed by atoms with Crippen molar-refractivity contribution in [2.24, 2.45) is 0 Å². The lowest BCUT2D eigenvalue weighted by molar-refractivity contribution is -0.132. The maximum atomic E-state index is 13.8. The van der Waals surface area contributed by atoms with Crippen LogP contribution in [0.4, 0.5) is 5.69 Å². The molecule has 0 unspecified atom stereocenters. The number of esters is 3. The minimum Gasteiger partial charge on any atom is -0.456 e. The van der Waals surface area contributed by atoms with Crippen LogP contribution in [0.3, 0.4) is 0 Å². The number of nitrogens with zero attached hydrogens (tertiary/aromatic N) is 2. The Balaban J connectivity index is 1.26. The molecule has 1 spiro atoms. The fourth-order valence-corrected chi connectivity index (χ4v) is 6.81. The lowest BCUT2D eigenvalue weighted by atomic mass is 9.77. The summed E-state index contributed by atoms with van der Waals surface area (Å²) in [5.74, 6) is -2.15. The molecule has 2 aromatic heterocycles. The molecule has 2 aliphatic rings. The van der Waals surface area contributed by atoms with Gasteiger partial charge in [-0.05, 0) is 48.5 Å². The van der Waals surface area contributed by atoms with Crippen LogP contribution in [0.25, 0.3) is 21.8 Å². The van der Waals surface area contributed by atoms with Crippen molar-refractivity contribution in [3.05, 3.63) is 123 Å². The number of benzene rings is 4. The number of halogens is 2. The Labute approximate surface area is 292 Å². The van der Waals surface area contributed by atoms with Crippen LogP contribution in [0.1, 0.15) is 51.3 Å². The summed E-state index contributed by atoms with van der Waals surface area (Å²) < 4.78 is 23.0. The summed E-state index contributed by atoms with van der Waals surface area (Å²) in [5.41, 5.74) is 1.42. The van der Waals surface area contributed by atoms with Crippen molar-refractivity contribution in [3.8, 4) is 23.0 Å². The summed E-state index contributed by atoms with van der Waals surface area (Å²) in [6, 6.07) is 19.5. The van der Waals surface area contributed by atoms with Crippen LogP contribution in [0, 0.1) is 0 Å². The van der Waals surface area contributed by atoms with Crippen LogP contribution in [0.5, 0.6) is 23.0 Å². The van der Waals surface area contributed by atoms with Gasteiger partial charge < -0.3 is 24.3 Å². The first kappa shape index (κ1) is 31.2. The van der Waals surface area contributed by atoms with Gasteiger partial charge in [-0.2, -0.15) is 0 Å². The van der Waals surface area contributed by atoms with Gasteiger partial charge in [-0.25, -0.2) is 4.79 Å². The van der Waals surface area contributed by atoms with Gasteiger partial charge in [0.1, 0.15) is 11.5 Å². The zero-order valence-electron chi connectivity index (χ0n) is 26.0. The Hall–Kier alpha value is -6.04. The highest BCUT2D eigenvalue weighted by molar-refractivity contribution is 6.33. The monoisotopic (exact) mass is 705 g/mol. The first-order valence-corrected chi connectivity index (χ1v) is 15.8. The zero-order chi connectivity index (χ0) is 34.9. The molecule has 8 rings (SSSR count). The molecule has 0 radical (unpaired) electrons. The number of aromatic nitrogens is 2. The second kappa shape index (κ2) is 11.5. The van der Waals surface area contributed by atoms with Crippen molar-refractivity contribution < 1.29 is 38.1 Å². The van der Waals surface area contributed by atoms with Crippen molar-refractivity contribution in [2.45, 2.75) is 19.4 Å². The molecule has 0 atom stereocenters. The molecule has 0 saturated carbocycles. The van der Waals surface area contributed by atoms with Crippen molar-refractivity contribution >= 4 is 74.5 Å². The molecule has 4 aromatic carbocycles. The van der Waals surface area contributed by atoms with Gasteiger partial charge in [-0.3, -0.25) is 24.4 Å². The van der Waals surface area contributed by atoms with E-state index in [-0.39, 0.29) is 44.2 Å². The molecule has 1 N–H and O–H groups in total. The molecule has 0 fully saturated rings. The average Bonchev–Trinajstić information content (AvgIpc) is 3.38. The summed E-state index contributed by atoms with van der Waals surface area (Å²) in [5, 5.41) is 4.53. The van der Waals surface area contributed by atoms with Gasteiger partial charge in [-0.15, -0.1) is 0 Å². The largest absolute Gasteiger partial charge is 0.456 e. The van der Waals surface area contributed by atoms with Gasteiger partial charge in [0.05, 0.1) is 32.3 Å². The predicted molar refractivity (Wildman–Crippen MR) is 182 cm³/mol. The molecule has 0 aliphatic carbocycles. The van der Waals surface area contributed by atoms with Crippen molar-refractivity contribution in [1.82, 2.24) is 9.97 Å². The molecule has 0 saturated heterocycles. The quantitative estimate of drug-likeness (QED) is 0.110. The summed E-state index contributed by atoms with van der Waals surface area (Å²) in [6.45, 7) is 2.44. The molecule has 0 bridgehead atoms. The smallest absolute Gasteiger partial charge is 0.340 e. The fourth-order valence-electron chi connectivity index (χ4n) is 6.40. The zero-order valence-corrected chi connectivity index (χ0v) is 27.5. The normalized spacial score (nSPS) is 13.6. The predicted octanol–water partition coefficient (Wildman–Crippen LogP) is 7.76. The third-order valence-corrected chi connectivity index (χ3v) is 8.98. The van der Waals surface area contributed by atoms with E-state index in [9.17, 15) is 19.2 Å². The van der Waals surface area contributed by atoms with E-state index in [1.165, 1.54) is 44.2 Å². The Morgan fingerprint density at radius 2 is 1.38 bits per heavy atom. The van der Waals surface area contributed by atoms with E-state index in [4.69, 9.17) is 42.1 Å². The Morgan fingerprint density at radius 3 is 2.02 bits per heavy atom. The SMILES string of the molecule is CC(=O)Oc1cc2c(cc1Cl)C1(OC(=O)c3cc(C(=O)Nc4cc5cccnc5c5ncccc45)ccc31)c1cc(Cl)c(OC(C)=O)cc1O2. The van der Waals surface area contributed by atoms with E-state index in [0.717, 1.165) is 5.39 Å². The summed E-state index contributed by atoms with van der Waals surface area (Å²) in [7, 11) is 0. The number of hydrogen-bond donors (Lipinski definition) is 1. The minimum atomic E-state index is -1.67. The highest BCUT2D eigenvalue weighted by Gasteiger charge is 2.54. The maximum Gasteiger partial charge on any atom is 0.340 e. The second-order valence-electron chi connectivity index (χ2n) is 11.5. The van der Waals surface area contributed by atoms with Crippen LogP contribution in [0.2, 0.25) is 10.0 Å². The van der Waals surface area contributed by atoms with Gasteiger partial charge in [0.2, 0.25) is 0 Å². The molecule has 50 heavy (non-hydrogen) atoms. The first-order valence-electron chi connectivity index (χ1n) is 15.1. The lowest BCUT2D eigenvalue weighted by Crippen LogP contribution is -2.33. The van der Waals surface area contributed by atoms with Gasteiger partial charge in [0, 0.05) is 71.4 Å². The Bertz CT molecular complexity index is 2450. The maximum absolute atomic E-state index is 13.8. The van der Waals surface area contributed by atoms with Crippen LogP contribution >= 0.6 is 23.2 Å². The van der Waals surface area contributed by atoms with E-state index < -0.39 is 29.4 Å². The second-order valence-corrected chi connectivity index (χ2v) is 12.3. The average molecular weight is 706 g/mol. The highest BCUT2D eigenvalue weighted by atomic mass is 35.5. The van der Waals surface area contributed by atoms with Crippen LogP contribution in [-0.2, 0) is 19.9 Å². The molecule has 6 aromatic rings. The van der Waals surface area contributed by atoms with E-state index in [1.54, 1.807) is 36.7 Å². The summed E-state index contributed by atoms with van der Waals surface area (Å²) in [6.07, 6.45) is 3.34. The molecule has 2 aliphatic heterocycles. The molecule has 11 nitrogen and oxygen atoms in total. The van der Waals surface area contributed by atoms with E-state index in [2.05, 4.69) is 15.3 Å². The number of carbonyl (C=O) groups excluding carboxylic acids is 4. The number of ether oxygens (including phenoxy) is 4. The molecule has 1 amide bonds. The third-order valence-electron chi connectivity index (χ3n) is 8.39. The van der Waals surface area contributed by atoms with Gasteiger partial charge in [-0.1, -0.05) is 35.3 Å². The first-order chi connectivity index (χ1) is 24.0. The van der Waals surface area contributed by atoms with Crippen molar-refractivity contribution in [3.63, 3.8) is 0 Å². The van der Waals surface area contributed by atoms with Crippen LogP contribution in [0.15, 0.2) is 85.2 Å². The number of nitrogens with one attached hydrogen (secondary N) is 1. The number of amides is 1. The van der Waals surface area contributed by atoms with E-state index >= 15 is 0 Å². The molecule has 4 heterocycles. The van der Waals surface area contributed by atoms with Crippen LogP contribution < -0.4 is 19.5 Å². The van der Waals surface area contributed by atoms with Crippen molar-refractivity contribution in [2.75, 3.05) is 5.32 Å². The number of carbonyl (C=O) groups is 4. The number of fused-ring (bicyclic) bond motifs is 9. The number of hydrogen-bond acceptors (Lipinski definition) is 10. The van der Waals surface area contributed by atoms with E-state index in [1.807, 2.05) is 18.2 Å². The van der Waals surface area contributed by atoms with Gasteiger partial charge in [0.15, 0.2) is 17.1 Å². The number of rotatable bonds is 4. The standard InChI is InChI=1S/C37H21Cl2N3O8/c1-17(43)47-31-15-29-24(13-26(31)38)37(25-14-27(39)32(48-18(2)44)16-30(25)49-29)23-8-7-20(11-22(23)36(46)50-37)35(45)42-28-12-19-5-3-9-40-33(19)34-21(28)6-4-10-41-34/h3-16H,1-2H3,(H,42,45). The molecular weight excluding hydrogens is 685 g/mol. The molecule has 13 heteroatoms. The van der Waals surface area contributed by atoms with Gasteiger partial charge in [0.25, 0.3) is 5.91 Å². The van der Waals surface area contributed by atoms with Crippen molar-refractivity contribution in [1.29, 1.82) is 0 Å². The minimum absolute atomic E-state index is 0.00875. The highest BCUT2D eigenvalue weighted by Crippen LogP contribution is 2.59. The lowest BCUT2D eigenvalue weighted by Gasteiger charge is -2.37. The fraction of sp³-hybridized carbons (Fsp3) is 0.0811. The molecular formula is C37H21Cl2N3O8. The van der Waals surface area contributed by atoms with Gasteiger partial charge >= 0.3 is 17.9 Å². The van der Waals surface area contributed by atoms with Crippen LogP contribution in [-0.4, -0.2) is 33.8 Å². The topological polar surface area (TPSA) is 143 Å². The number of anilines is 1.